The number of hydrogen-bond donors (Lipinski definition) is 1. The minimum atomic E-state index is -0.314. The molecule has 27 heavy (non-hydrogen) atoms. The number of aromatic nitrogens is 2. The van der Waals surface area contributed by atoms with Crippen LogP contribution in [0.5, 0.6) is 0 Å². The van der Waals surface area contributed by atoms with Crippen molar-refractivity contribution in [2.75, 3.05) is 7.05 Å². The number of benzene rings is 1. The summed E-state index contributed by atoms with van der Waals surface area (Å²) >= 11 is 1.60. The number of aromatic amines is 1. The van der Waals surface area contributed by atoms with E-state index in [2.05, 4.69) is 9.97 Å². The fraction of sp³-hybridized carbons (Fsp3) is 0.350. The van der Waals surface area contributed by atoms with Crippen LogP contribution < -0.4 is 5.56 Å². The lowest BCUT2D eigenvalue weighted by atomic mass is 10.2. The first-order valence-corrected chi connectivity index (χ1v) is 9.85. The second-order valence-electron chi connectivity index (χ2n) is 6.93. The Kier molecular flexibility index (Phi) is 4.78. The molecule has 0 saturated heterocycles. The molecule has 4 rings (SSSR count). The van der Waals surface area contributed by atoms with E-state index in [1.165, 1.54) is 17.0 Å². The first kappa shape index (κ1) is 17.9. The zero-order chi connectivity index (χ0) is 19.0. The standard InChI is InChI=1S/C20H20FN3O2S/c1-24(11-12-4-2-5-13(21)10-12)17(25)9-8-16-22-19(26)18-14-6-3-7-15(14)27-20(18)23-16/h2,4-5,10H,3,6-9,11H2,1H3,(H,22,23,26). The third-order valence-corrected chi connectivity index (χ3v) is 6.12. The highest BCUT2D eigenvalue weighted by atomic mass is 32.1. The Morgan fingerprint density at radius 3 is 3.04 bits per heavy atom. The van der Waals surface area contributed by atoms with Crippen molar-refractivity contribution in [1.29, 1.82) is 0 Å². The van der Waals surface area contributed by atoms with Gasteiger partial charge >= 0.3 is 0 Å². The van der Waals surface area contributed by atoms with Gasteiger partial charge in [0.25, 0.3) is 5.56 Å². The number of carbonyl (C=O) groups excluding carboxylic acids is 1. The SMILES string of the molecule is CN(Cc1cccc(F)c1)C(=O)CCc1nc2sc3c(c2c(=O)[nH]1)CCC3. The summed E-state index contributed by atoms with van der Waals surface area (Å²) in [6, 6.07) is 6.22. The van der Waals surface area contributed by atoms with E-state index >= 15 is 0 Å². The first-order valence-electron chi connectivity index (χ1n) is 9.03. The van der Waals surface area contributed by atoms with Gasteiger partial charge in [-0.2, -0.15) is 0 Å². The molecule has 1 N–H and O–H groups in total. The molecule has 2 aromatic heterocycles. The van der Waals surface area contributed by atoms with Gasteiger partial charge in [-0.1, -0.05) is 12.1 Å². The predicted molar refractivity (Wildman–Crippen MR) is 103 cm³/mol. The van der Waals surface area contributed by atoms with Crippen molar-refractivity contribution in [2.24, 2.45) is 0 Å². The number of fused-ring (bicyclic) bond motifs is 3. The van der Waals surface area contributed by atoms with E-state index in [4.69, 9.17) is 0 Å². The minimum absolute atomic E-state index is 0.0734. The molecule has 0 aliphatic heterocycles. The smallest absolute Gasteiger partial charge is 0.259 e. The van der Waals surface area contributed by atoms with Crippen molar-refractivity contribution < 1.29 is 9.18 Å². The molecule has 1 aliphatic carbocycles. The lowest BCUT2D eigenvalue weighted by molar-refractivity contribution is -0.130. The monoisotopic (exact) mass is 385 g/mol. The zero-order valence-corrected chi connectivity index (χ0v) is 15.9. The van der Waals surface area contributed by atoms with Gasteiger partial charge in [-0.25, -0.2) is 9.37 Å². The summed E-state index contributed by atoms with van der Waals surface area (Å²) in [7, 11) is 1.69. The molecule has 140 valence electrons. The van der Waals surface area contributed by atoms with E-state index < -0.39 is 0 Å². The quantitative estimate of drug-likeness (QED) is 0.733. The van der Waals surface area contributed by atoms with Crippen molar-refractivity contribution in [2.45, 2.75) is 38.6 Å². The summed E-state index contributed by atoms with van der Waals surface area (Å²) in [5.41, 5.74) is 1.79. The van der Waals surface area contributed by atoms with Crippen molar-refractivity contribution in [3.8, 4) is 0 Å². The van der Waals surface area contributed by atoms with Crippen molar-refractivity contribution in [1.82, 2.24) is 14.9 Å². The van der Waals surface area contributed by atoms with Crippen molar-refractivity contribution in [3.63, 3.8) is 0 Å². The van der Waals surface area contributed by atoms with E-state index in [0.29, 0.717) is 18.8 Å². The van der Waals surface area contributed by atoms with E-state index in [1.807, 2.05) is 0 Å². The molecular formula is C20H20FN3O2S. The Balaban J connectivity index is 1.43. The second-order valence-corrected chi connectivity index (χ2v) is 8.01. The summed E-state index contributed by atoms with van der Waals surface area (Å²) in [6.07, 6.45) is 3.69. The Morgan fingerprint density at radius 2 is 2.22 bits per heavy atom. The van der Waals surface area contributed by atoms with Gasteiger partial charge in [-0.3, -0.25) is 9.59 Å². The minimum Gasteiger partial charge on any atom is -0.341 e. The topological polar surface area (TPSA) is 66.1 Å². The third kappa shape index (κ3) is 3.64. The van der Waals surface area contributed by atoms with E-state index in [9.17, 15) is 14.0 Å². The normalized spacial score (nSPS) is 13.1. The lowest BCUT2D eigenvalue weighted by Gasteiger charge is -2.17. The lowest BCUT2D eigenvalue weighted by Crippen LogP contribution is -2.27. The molecule has 0 unspecified atom stereocenters. The van der Waals surface area contributed by atoms with Crippen LogP contribution >= 0.6 is 11.3 Å². The number of halogens is 1. The summed E-state index contributed by atoms with van der Waals surface area (Å²) in [5.74, 6) is 0.155. The molecule has 7 heteroatoms. The third-order valence-electron chi connectivity index (χ3n) is 4.93. The summed E-state index contributed by atoms with van der Waals surface area (Å²) in [5, 5.41) is 0.728. The molecule has 0 radical (unpaired) electrons. The number of carbonyl (C=O) groups is 1. The number of rotatable bonds is 5. The van der Waals surface area contributed by atoms with Gasteiger partial charge in [-0.05, 0) is 42.5 Å². The number of amides is 1. The largest absolute Gasteiger partial charge is 0.341 e. The van der Waals surface area contributed by atoms with Crippen LogP contribution in [0, 0.1) is 5.82 Å². The van der Waals surface area contributed by atoms with Gasteiger partial charge in [0, 0.05) is 31.3 Å². The number of hydrogen-bond acceptors (Lipinski definition) is 4. The van der Waals surface area contributed by atoms with Crippen molar-refractivity contribution >= 4 is 27.5 Å². The second kappa shape index (κ2) is 7.23. The van der Waals surface area contributed by atoms with Crippen LogP contribution in [0.4, 0.5) is 4.39 Å². The first-order chi connectivity index (χ1) is 13.0. The van der Waals surface area contributed by atoms with Gasteiger partial charge in [-0.15, -0.1) is 11.3 Å². The maximum absolute atomic E-state index is 13.3. The molecule has 0 fully saturated rings. The van der Waals surface area contributed by atoms with Gasteiger partial charge in [0.15, 0.2) is 0 Å². The maximum Gasteiger partial charge on any atom is 0.259 e. The Labute approximate surface area is 159 Å². The maximum atomic E-state index is 13.3. The number of aryl methyl sites for hydroxylation is 3. The van der Waals surface area contributed by atoms with Gasteiger partial charge in [0.05, 0.1) is 5.39 Å². The number of H-pyrrole nitrogens is 1. The molecule has 0 bridgehead atoms. The van der Waals surface area contributed by atoms with E-state index in [-0.39, 0.29) is 23.7 Å². The molecule has 0 saturated carbocycles. The highest BCUT2D eigenvalue weighted by molar-refractivity contribution is 7.18. The zero-order valence-electron chi connectivity index (χ0n) is 15.0. The average molecular weight is 385 g/mol. The summed E-state index contributed by atoms with van der Waals surface area (Å²) in [4.78, 5) is 35.8. The van der Waals surface area contributed by atoms with Crippen LogP contribution in [0.2, 0.25) is 0 Å². The molecule has 2 heterocycles. The van der Waals surface area contributed by atoms with Crippen LogP contribution in [0.15, 0.2) is 29.1 Å². The van der Waals surface area contributed by atoms with Gasteiger partial charge in [0.1, 0.15) is 16.5 Å². The van der Waals surface area contributed by atoms with Gasteiger partial charge < -0.3 is 9.88 Å². The highest BCUT2D eigenvalue weighted by Crippen LogP contribution is 2.34. The van der Waals surface area contributed by atoms with Crippen LogP contribution in [-0.4, -0.2) is 27.8 Å². The molecule has 1 aromatic carbocycles. The van der Waals surface area contributed by atoms with Crippen LogP contribution in [0.1, 0.15) is 34.7 Å². The molecule has 0 atom stereocenters. The number of thiophene rings is 1. The van der Waals surface area contributed by atoms with E-state index in [0.717, 1.165) is 40.6 Å². The summed E-state index contributed by atoms with van der Waals surface area (Å²) in [6.45, 7) is 0.344. The Bertz CT molecular complexity index is 1070. The average Bonchev–Trinajstić information content (AvgIpc) is 3.20. The fourth-order valence-electron chi connectivity index (χ4n) is 3.58. The summed E-state index contributed by atoms with van der Waals surface area (Å²) < 4.78 is 13.3. The molecule has 1 amide bonds. The highest BCUT2D eigenvalue weighted by Gasteiger charge is 2.21. The Hall–Kier alpha value is -2.54. The predicted octanol–water partition coefficient (Wildman–Crippen LogP) is 3.20. The molecule has 5 nitrogen and oxygen atoms in total. The molecule has 0 spiro atoms. The number of nitrogens with one attached hydrogen (secondary N) is 1. The molecule has 1 aliphatic rings. The fourth-order valence-corrected chi connectivity index (χ4v) is 4.86. The Morgan fingerprint density at radius 1 is 1.37 bits per heavy atom. The molecular weight excluding hydrogens is 365 g/mol. The van der Waals surface area contributed by atoms with Crippen LogP contribution in [0.3, 0.4) is 0 Å². The van der Waals surface area contributed by atoms with Crippen molar-refractivity contribution in [3.05, 3.63) is 62.3 Å². The van der Waals surface area contributed by atoms with E-state index in [1.54, 1.807) is 35.4 Å². The van der Waals surface area contributed by atoms with Crippen LogP contribution in [0.25, 0.3) is 10.2 Å². The number of nitrogens with zero attached hydrogens (tertiary/aromatic N) is 2. The van der Waals surface area contributed by atoms with Crippen LogP contribution in [-0.2, 0) is 30.6 Å². The van der Waals surface area contributed by atoms with Gasteiger partial charge in [0.2, 0.25) is 5.91 Å². The molecule has 3 aromatic rings.